The number of rotatable bonds is 3. The maximum absolute atomic E-state index is 12.9. The van der Waals surface area contributed by atoms with Gasteiger partial charge in [0.1, 0.15) is 5.82 Å². The van der Waals surface area contributed by atoms with Gasteiger partial charge in [0, 0.05) is 37.5 Å². The molecule has 2 aromatic heterocycles. The van der Waals surface area contributed by atoms with Gasteiger partial charge in [-0.2, -0.15) is 18.3 Å². The third-order valence-corrected chi connectivity index (χ3v) is 5.29. The highest BCUT2D eigenvalue weighted by Crippen LogP contribution is 2.32. The number of nitrogens with one attached hydrogen (secondary N) is 1. The number of halogens is 4. The Balaban J connectivity index is 1.56. The van der Waals surface area contributed by atoms with Crippen LogP contribution in [0.5, 0.6) is 0 Å². The molecular weight excluding hydrogens is 403 g/mol. The van der Waals surface area contributed by atoms with E-state index in [2.05, 4.69) is 20.3 Å². The summed E-state index contributed by atoms with van der Waals surface area (Å²) in [6.45, 7) is 1.33. The molecule has 0 atom stereocenters. The molecule has 5 nitrogen and oxygen atoms in total. The van der Waals surface area contributed by atoms with Crippen molar-refractivity contribution >= 4 is 23.2 Å². The molecule has 1 aliphatic carbocycles. The van der Waals surface area contributed by atoms with Gasteiger partial charge in [0.05, 0.1) is 22.8 Å². The first-order chi connectivity index (χ1) is 13.8. The van der Waals surface area contributed by atoms with Gasteiger partial charge in [0.15, 0.2) is 5.82 Å². The van der Waals surface area contributed by atoms with Crippen molar-refractivity contribution in [3.05, 3.63) is 70.2 Å². The van der Waals surface area contributed by atoms with Crippen molar-refractivity contribution in [1.82, 2.24) is 14.8 Å². The van der Waals surface area contributed by atoms with Crippen molar-refractivity contribution in [1.29, 1.82) is 0 Å². The standard InChI is InChI=1S/C20H19ClF3N5/c1-28-17-12-29(19-16(21)6-3-10-25-19)11-9-15(17)18(27-28)26-14-5-2-4-13(7-8-14)20(22,23)24/h2-4,6-8,10H,5,9,11-12H2,1H3,(H,26,27). The minimum absolute atomic E-state index is 0.372. The Morgan fingerprint density at radius 2 is 2.07 bits per heavy atom. The predicted octanol–water partition coefficient (Wildman–Crippen LogP) is 4.78. The Morgan fingerprint density at radius 1 is 1.24 bits per heavy atom. The largest absolute Gasteiger partial charge is 0.416 e. The fraction of sp³-hybridized carbons (Fsp3) is 0.300. The van der Waals surface area contributed by atoms with E-state index >= 15 is 0 Å². The van der Waals surface area contributed by atoms with E-state index in [0.29, 0.717) is 29.5 Å². The number of pyridine rings is 1. The van der Waals surface area contributed by atoms with E-state index in [1.807, 2.05) is 13.1 Å². The van der Waals surface area contributed by atoms with Crippen molar-refractivity contribution < 1.29 is 13.2 Å². The van der Waals surface area contributed by atoms with Gasteiger partial charge < -0.3 is 10.2 Å². The molecule has 0 radical (unpaired) electrons. The first-order valence-electron chi connectivity index (χ1n) is 9.15. The summed E-state index contributed by atoms with van der Waals surface area (Å²) >= 11 is 6.28. The number of hydrogen-bond donors (Lipinski definition) is 1. The van der Waals surface area contributed by atoms with Crippen LogP contribution < -0.4 is 10.2 Å². The molecule has 2 aromatic rings. The summed E-state index contributed by atoms with van der Waals surface area (Å²) in [7, 11) is 1.86. The van der Waals surface area contributed by atoms with E-state index in [4.69, 9.17) is 11.6 Å². The number of aryl methyl sites for hydroxylation is 1. The van der Waals surface area contributed by atoms with E-state index in [9.17, 15) is 13.2 Å². The van der Waals surface area contributed by atoms with Gasteiger partial charge in [-0.25, -0.2) is 4.98 Å². The third kappa shape index (κ3) is 4.03. The van der Waals surface area contributed by atoms with Crippen molar-refractivity contribution in [3.8, 4) is 0 Å². The average Bonchev–Trinajstić information content (AvgIpc) is 2.83. The van der Waals surface area contributed by atoms with Crippen LogP contribution in [-0.4, -0.2) is 27.5 Å². The van der Waals surface area contributed by atoms with Crippen LogP contribution in [0.15, 0.2) is 53.9 Å². The van der Waals surface area contributed by atoms with Gasteiger partial charge in [-0.1, -0.05) is 23.8 Å². The fourth-order valence-corrected chi connectivity index (χ4v) is 3.76. The first kappa shape index (κ1) is 19.6. The van der Waals surface area contributed by atoms with Crippen LogP contribution in [0.2, 0.25) is 5.02 Å². The number of anilines is 2. The van der Waals surface area contributed by atoms with Gasteiger partial charge >= 0.3 is 6.18 Å². The van der Waals surface area contributed by atoms with E-state index in [1.54, 1.807) is 16.9 Å². The van der Waals surface area contributed by atoms with Crippen molar-refractivity contribution in [2.24, 2.45) is 7.05 Å². The maximum Gasteiger partial charge on any atom is 0.416 e. The number of nitrogens with zero attached hydrogens (tertiary/aromatic N) is 4. The van der Waals surface area contributed by atoms with Crippen molar-refractivity contribution in [3.63, 3.8) is 0 Å². The molecule has 3 heterocycles. The third-order valence-electron chi connectivity index (χ3n) is 4.99. The number of hydrogen-bond acceptors (Lipinski definition) is 4. The number of fused-ring (bicyclic) bond motifs is 1. The molecule has 1 N–H and O–H groups in total. The highest BCUT2D eigenvalue weighted by molar-refractivity contribution is 6.32. The Labute approximate surface area is 171 Å². The quantitative estimate of drug-likeness (QED) is 0.775. The second kappa shape index (κ2) is 7.59. The minimum atomic E-state index is -4.36. The molecule has 29 heavy (non-hydrogen) atoms. The van der Waals surface area contributed by atoms with Gasteiger partial charge in [-0.15, -0.1) is 0 Å². The predicted molar refractivity (Wildman–Crippen MR) is 107 cm³/mol. The lowest BCUT2D eigenvalue weighted by Crippen LogP contribution is -2.32. The Morgan fingerprint density at radius 3 is 2.83 bits per heavy atom. The van der Waals surface area contributed by atoms with Crippen LogP contribution in [0, 0.1) is 0 Å². The maximum atomic E-state index is 12.9. The number of allylic oxidation sites excluding steroid dienone is 5. The minimum Gasteiger partial charge on any atom is -0.349 e. The van der Waals surface area contributed by atoms with E-state index in [-0.39, 0.29) is 0 Å². The lowest BCUT2D eigenvalue weighted by molar-refractivity contribution is -0.0881. The Bertz CT molecular complexity index is 1020. The van der Waals surface area contributed by atoms with E-state index in [1.165, 1.54) is 12.2 Å². The molecule has 0 fully saturated rings. The smallest absolute Gasteiger partial charge is 0.349 e. The Kier molecular flexibility index (Phi) is 5.12. The number of alkyl halides is 3. The molecular formula is C20H19ClF3N5. The van der Waals surface area contributed by atoms with E-state index < -0.39 is 11.7 Å². The van der Waals surface area contributed by atoms with Crippen molar-refractivity contribution in [2.45, 2.75) is 25.6 Å². The molecule has 2 aliphatic rings. The monoisotopic (exact) mass is 421 g/mol. The molecule has 0 aromatic carbocycles. The molecule has 4 rings (SSSR count). The molecule has 0 saturated heterocycles. The van der Waals surface area contributed by atoms with Crippen LogP contribution in [0.3, 0.4) is 0 Å². The lowest BCUT2D eigenvalue weighted by atomic mass is 10.1. The highest BCUT2D eigenvalue weighted by Gasteiger charge is 2.32. The van der Waals surface area contributed by atoms with Crippen LogP contribution >= 0.6 is 11.6 Å². The zero-order chi connectivity index (χ0) is 20.6. The second-order valence-corrected chi connectivity index (χ2v) is 7.33. The fourth-order valence-electron chi connectivity index (χ4n) is 3.52. The summed E-state index contributed by atoms with van der Waals surface area (Å²) in [6.07, 6.45) is 3.62. The SMILES string of the molecule is Cn1nc(NC2=CC=C(C(F)(F)F)C=CC2)c2c1CN(c1ncccc1Cl)CC2. The summed E-state index contributed by atoms with van der Waals surface area (Å²) in [5, 5.41) is 8.36. The van der Waals surface area contributed by atoms with Gasteiger partial charge in [-0.05, 0) is 30.7 Å². The second-order valence-electron chi connectivity index (χ2n) is 6.92. The summed E-state index contributed by atoms with van der Waals surface area (Å²) in [6, 6.07) is 3.60. The summed E-state index contributed by atoms with van der Waals surface area (Å²) in [5.41, 5.74) is 2.08. The molecule has 152 valence electrons. The molecule has 0 amide bonds. The normalized spacial score (nSPS) is 16.8. The molecule has 9 heteroatoms. The van der Waals surface area contributed by atoms with Gasteiger partial charge in [0.25, 0.3) is 0 Å². The molecule has 0 unspecified atom stereocenters. The van der Waals surface area contributed by atoms with Crippen LogP contribution in [0.4, 0.5) is 24.8 Å². The molecule has 0 spiro atoms. The topological polar surface area (TPSA) is 46.0 Å². The summed E-state index contributed by atoms with van der Waals surface area (Å²) in [5.74, 6) is 1.41. The average molecular weight is 422 g/mol. The zero-order valence-corrected chi connectivity index (χ0v) is 16.4. The lowest BCUT2D eigenvalue weighted by Gasteiger charge is -2.29. The summed E-state index contributed by atoms with van der Waals surface area (Å²) < 4.78 is 40.5. The first-order valence-corrected chi connectivity index (χ1v) is 9.52. The van der Waals surface area contributed by atoms with Gasteiger partial charge in [0.2, 0.25) is 0 Å². The highest BCUT2D eigenvalue weighted by atomic mass is 35.5. The molecule has 0 saturated carbocycles. The van der Waals surface area contributed by atoms with Crippen LogP contribution in [0.25, 0.3) is 0 Å². The molecule has 0 bridgehead atoms. The Hall–Kier alpha value is -2.74. The number of aromatic nitrogens is 3. The van der Waals surface area contributed by atoms with E-state index in [0.717, 1.165) is 42.2 Å². The zero-order valence-electron chi connectivity index (χ0n) is 15.7. The van der Waals surface area contributed by atoms with Crippen LogP contribution in [-0.2, 0) is 20.0 Å². The van der Waals surface area contributed by atoms with Crippen LogP contribution in [0.1, 0.15) is 17.7 Å². The molecule has 1 aliphatic heterocycles. The van der Waals surface area contributed by atoms with Crippen molar-refractivity contribution in [2.75, 3.05) is 16.8 Å². The van der Waals surface area contributed by atoms with Gasteiger partial charge in [-0.3, -0.25) is 4.68 Å². The summed E-state index contributed by atoms with van der Waals surface area (Å²) in [4.78, 5) is 6.48.